The van der Waals surface area contributed by atoms with Crippen molar-refractivity contribution < 1.29 is 0 Å². The van der Waals surface area contributed by atoms with E-state index in [4.69, 9.17) is 5.73 Å². The number of nitrogens with zero attached hydrogens (tertiary/aromatic N) is 4. The summed E-state index contributed by atoms with van der Waals surface area (Å²) in [5.74, 6) is 1.37. The molecule has 1 aliphatic rings. The van der Waals surface area contributed by atoms with Crippen LogP contribution in [0.2, 0.25) is 0 Å². The van der Waals surface area contributed by atoms with Crippen molar-refractivity contribution in [3.05, 3.63) is 22.9 Å². The summed E-state index contributed by atoms with van der Waals surface area (Å²) in [5.41, 5.74) is 6.33. The molecule has 1 fully saturated rings. The topological polar surface area (TPSA) is 92.3 Å². The lowest BCUT2D eigenvalue weighted by atomic mass is 9.97. The Bertz CT molecular complexity index is 607. The molecule has 2 aromatic rings. The number of nitrogens with one attached hydrogen (secondary N) is 1. The molecule has 3 rings (SSSR count). The van der Waals surface area contributed by atoms with Gasteiger partial charge >= 0.3 is 5.69 Å². The summed E-state index contributed by atoms with van der Waals surface area (Å²) in [7, 11) is 0. The van der Waals surface area contributed by atoms with Gasteiger partial charge in [-0.3, -0.25) is 0 Å². The van der Waals surface area contributed by atoms with Gasteiger partial charge in [0.25, 0.3) is 0 Å². The van der Waals surface area contributed by atoms with E-state index in [1.54, 1.807) is 0 Å². The van der Waals surface area contributed by atoms with Crippen molar-refractivity contribution in [2.24, 2.45) is 11.7 Å². The van der Waals surface area contributed by atoms with Crippen molar-refractivity contribution in [3.63, 3.8) is 0 Å². The first-order valence-corrected chi connectivity index (χ1v) is 6.07. The fourth-order valence-corrected chi connectivity index (χ4v) is 2.56. The van der Waals surface area contributed by atoms with Gasteiger partial charge in [-0.05, 0) is 12.3 Å². The highest BCUT2D eigenvalue weighted by Gasteiger charge is 2.23. The Kier molecular flexibility index (Phi) is 2.55. The number of rotatable bonds is 1. The molecule has 2 aromatic heterocycles. The zero-order valence-corrected chi connectivity index (χ0v) is 10.2. The average molecular weight is 248 g/mol. The average Bonchev–Trinajstić information content (AvgIpc) is 2.69. The maximum Gasteiger partial charge on any atom is 0.348 e. The van der Waals surface area contributed by atoms with E-state index in [1.807, 2.05) is 6.07 Å². The first kappa shape index (κ1) is 11.2. The lowest BCUT2D eigenvalue weighted by molar-refractivity contribution is 0.400. The third-order valence-corrected chi connectivity index (χ3v) is 3.31. The van der Waals surface area contributed by atoms with Crippen molar-refractivity contribution in [2.75, 3.05) is 18.0 Å². The number of hydrogen-bond donors (Lipinski definition) is 2. The van der Waals surface area contributed by atoms with E-state index in [9.17, 15) is 4.79 Å². The van der Waals surface area contributed by atoms with Crippen LogP contribution in [0.5, 0.6) is 0 Å². The fourth-order valence-electron chi connectivity index (χ4n) is 2.56. The van der Waals surface area contributed by atoms with Crippen LogP contribution in [-0.2, 0) is 0 Å². The zero-order valence-electron chi connectivity index (χ0n) is 10.2. The van der Waals surface area contributed by atoms with Crippen LogP contribution in [0.15, 0.2) is 17.2 Å². The number of anilines is 1. The molecule has 3 N–H and O–H groups in total. The summed E-state index contributed by atoms with van der Waals surface area (Å²) < 4.78 is 1.39. The maximum absolute atomic E-state index is 11.3. The largest absolute Gasteiger partial charge is 0.355 e. The minimum Gasteiger partial charge on any atom is -0.355 e. The Morgan fingerprint density at radius 2 is 2.33 bits per heavy atom. The van der Waals surface area contributed by atoms with Gasteiger partial charge in [-0.15, -0.1) is 0 Å². The number of aromatic amines is 1. The summed E-state index contributed by atoms with van der Waals surface area (Å²) in [6, 6.07) is 1.98. The van der Waals surface area contributed by atoms with Gasteiger partial charge in [-0.2, -0.15) is 5.10 Å². The van der Waals surface area contributed by atoms with Crippen LogP contribution in [0.4, 0.5) is 5.82 Å². The summed E-state index contributed by atoms with van der Waals surface area (Å²) >= 11 is 0. The molecule has 96 valence electrons. The SMILES string of the molecule is CC1CC(N)CN(c2cc3n[nH]c(=O)n3cn2)C1. The second-order valence-electron chi connectivity index (χ2n) is 5.01. The molecule has 1 aliphatic heterocycles. The van der Waals surface area contributed by atoms with E-state index < -0.39 is 0 Å². The highest BCUT2D eigenvalue weighted by atomic mass is 16.1. The third kappa shape index (κ3) is 1.86. The van der Waals surface area contributed by atoms with Crippen LogP contribution < -0.4 is 16.3 Å². The molecular weight excluding hydrogens is 232 g/mol. The van der Waals surface area contributed by atoms with E-state index in [2.05, 4.69) is 27.0 Å². The molecule has 1 saturated heterocycles. The van der Waals surface area contributed by atoms with Gasteiger partial charge < -0.3 is 10.6 Å². The molecule has 3 heterocycles. The summed E-state index contributed by atoms with van der Waals surface area (Å²) in [6.45, 7) is 3.91. The molecule has 0 amide bonds. The van der Waals surface area contributed by atoms with Crippen LogP contribution in [0, 0.1) is 5.92 Å². The summed E-state index contributed by atoms with van der Waals surface area (Å²) in [4.78, 5) is 17.8. The van der Waals surface area contributed by atoms with Crippen LogP contribution in [-0.4, -0.2) is 38.7 Å². The van der Waals surface area contributed by atoms with E-state index in [1.165, 1.54) is 10.7 Å². The van der Waals surface area contributed by atoms with Gasteiger partial charge in [0, 0.05) is 25.2 Å². The minimum atomic E-state index is -0.271. The van der Waals surface area contributed by atoms with Gasteiger partial charge in [-0.1, -0.05) is 6.92 Å². The normalized spacial score (nSPS) is 24.7. The van der Waals surface area contributed by atoms with Crippen LogP contribution in [0.3, 0.4) is 0 Å². The number of nitrogens with two attached hydrogens (primary N) is 1. The Morgan fingerprint density at radius 1 is 1.50 bits per heavy atom. The molecule has 0 bridgehead atoms. The molecule has 7 heteroatoms. The van der Waals surface area contributed by atoms with E-state index in [0.29, 0.717) is 11.6 Å². The number of hydrogen-bond acceptors (Lipinski definition) is 5. The molecular formula is C11H16N6O. The summed E-state index contributed by atoms with van der Waals surface area (Å²) in [5, 5.41) is 6.34. The van der Waals surface area contributed by atoms with Gasteiger partial charge in [-0.25, -0.2) is 19.3 Å². The Hall–Kier alpha value is -1.89. The van der Waals surface area contributed by atoms with Crippen molar-refractivity contribution in [1.82, 2.24) is 19.6 Å². The Balaban J connectivity index is 1.96. The molecule has 2 unspecified atom stereocenters. The lowest BCUT2D eigenvalue weighted by Gasteiger charge is -2.35. The minimum absolute atomic E-state index is 0.174. The maximum atomic E-state index is 11.3. The highest BCUT2D eigenvalue weighted by molar-refractivity contribution is 5.50. The quantitative estimate of drug-likeness (QED) is 0.716. The van der Waals surface area contributed by atoms with Crippen molar-refractivity contribution in [2.45, 2.75) is 19.4 Å². The third-order valence-electron chi connectivity index (χ3n) is 3.31. The van der Waals surface area contributed by atoms with E-state index in [0.717, 1.165) is 25.3 Å². The Labute approximate surface area is 104 Å². The van der Waals surface area contributed by atoms with Crippen molar-refractivity contribution in [3.8, 4) is 0 Å². The lowest BCUT2D eigenvalue weighted by Crippen LogP contribution is -2.46. The smallest absolute Gasteiger partial charge is 0.348 e. The molecule has 0 aromatic carbocycles. The van der Waals surface area contributed by atoms with E-state index in [-0.39, 0.29) is 11.7 Å². The number of fused-ring (bicyclic) bond motifs is 1. The number of H-pyrrole nitrogens is 1. The van der Waals surface area contributed by atoms with Gasteiger partial charge in [0.15, 0.2) is 5.65 Å². The molecule has 0 aliphatic carbocycles. The predicted octanol–water partition coefficient (Wildman–Crippen LogP) is -0.409. The van der Waals surface area contributed by atoms with Gasteiger partial charge in [0.05, 0.1) is 0 Å². The van der Waals surface area contributed by atoms with Gasteiger partial charge in [0.1, 0.15) is 12.1 Å². The van der Waals surface area contributed by atoms with E-state index >= 15 is 0 Å². The first-order chi connectivity index (χ1) is 8.63. The standard InChI is InChI=1S/C11H16N6O/c1-7-2-8(12)5-16(4-7)9-3-10-14-15-11(18)17(10)6-13-9/h3,6-8H,2,4-5,12H2,1H3,(H,15,18). The van der Waals surface area contributed by atoms with Crippen molar-refractivity contribution in [1.29, 1.82) is 0 Å². The van der Waals surface area contributed by atoms with Crippen LogP contribution in [0.1, 0.15) is 13.3 Å². The molecule has 0 spiro atoms. The Morgan fingerprint density at radius 3 is 3.11 bits per heavy atom. The summed E-state index contributed by atoms with van der Waals surface area (Å²) in [6.07, 6.45) is 2.54. The highest BCUT2D eigenvalue weighted by Crippen LogP contribution is 2.20. The number of piperidine rings is 1. The van der Waals surface area contributed by atoms with Crippen LogP contribution in [0.25, 0.3) is 5.65 Å². The molecule has 7 nitrogen and oxygen atoms in total. The second kappa shape index (κ2) is 4.09. The van der Waals surface area contributed by atoms with Crippen LogP contribution >= 0.6 is 0 Å². The monoisotopic (exact) mass is 248 g/mol. The first-order valence-electron chi connectivity index (χ1n) is 6.07. The zero-order chi connectivity index (χ0) is 12.7. The van der Waals surface area contributed by atoms with Crippen molar-refractivity contribution >= 4 is 11.5 Å². The molecule has 2 atom stereocenters. The molecule has 0 radical (unpaired) electrons. The fraction of sp³-hybridized carbons (Fsp3) is 0.545. The number of aromatic nitrogens is 4. The molecule has 0 saturated carbocycles. The second-order valence-corrected chi connectivity index (χ2v) is 5.01. The molecule has 18 heavy (non-hydrogen) atoms. The van der Waals surface area contributed by atoms with Gasteiger partial charge in [0.2, 0.25) is 0 Å². The predicted molar refractivity (Wildman–Crippen MR) is 67.6 cm³/mol.